The molecule has 0 aliphatic carbocycles. The number of rotatable bonds is 6. The molecular weight excluding hydrogens is 298 g/mol. The van der Waals surface area contributed by atoms with Crippen molar-refractivity contribution in [3.8, 4) is 5.75 Å². The van der Waals surface area contributed by atoms with Gasteiger partial charge in [-0.1, -0.05) is 0 Å². The van der Waals surface area contributed by atoms with Crippen LogP contribution >= 0.6 is 0 Å². The van der Waals surface area contributed by atoms with Gasteiger partial charge in [0.05, 0.1) is 18.9 Å². The van der Waals surface area contributed by atoms with Crippen molar-refractivity contribution in [2.45, 2.75) is 13.5 Å². The maximum atomic E-state index is 11.5. The fraction of sp³-hybridized carbons (Fsp3) is 0.267. The van der Waals surface area contributed by atoms with Gasteiger partial charge in [-0.05, 0) is 31.2 Å². The van der Waals surface area contributed by atoms with Crippen LogP contribution in [-0.2, 0) is 11.3 Å². The summed E-state index contributed by atoms with van der Waals surface area (Å²) in [5.74, 6) is 0.985. The molecule has 4 N–H and O–H groups in total. The van der Waals surface area contributed by atoms with E-state index in [0.717, 1.165) is 11.4 Å². The number of aliphatic imine (C=N–C) groups is 1. The number of hydrogen-bond acceptors (Lipinski definition) is 5. The zero-order chi connectivity index (χ0) is 16.7. The van der Waals surface area contributed by atoms with E-state index in [0.29, 0.717) is 12.3 Å². The van der Waals surface area contributed by atoms with E-state index in [1.807, 2.05) is 31.2 Å². The van der Waals surface area contributed by atoms with Gasteiger partial charge in [-0.2, -0.15) is 4.99 Å². The van der Waals surface area contributed by atoms with E-state index >= 15 is 0 Å². The second-order valence-corrected chi connectivity index (χ2v) is 4.57. The largest absolute Gasteiger partial charge is 0.494 e. The van der Waals surface area contributed by atoms with Gasteiger partial charge in [-0.3, -0.25) is 9.78 Å². The van der Waals surface area contributed by atoms with Gasteiger partial charge >= 0.3 is 0 Å². The maximum absolute atomic E-state index is 11.5. The van der Waals surface area contributed by atoms with Gasteiger partial charge in [-0.15, -0.1) is 0 Å². The van der Waals surface area contributed by atoms with Gasteiger partial charge in [0.25, 0.3) is 5.56 Å². The number of benzene rings is 1. The van der Waals surface area contributed by atoms with Crippen molar-refractivity contribution in [2.24, 2.45) is 10.7 Å². The third kappa shape index (κ3) is 5.11. The average molecular weight is 317 g/mol. The van der Waals surface area contributed by atoms with Crippen LogP contribution in [0.3, 0.4) is 0 Å². The number of anilines is 1. The van der Waals surface area contributed by atoms with E-state index in [1.54, 1.807) is 0 Å². The average Bonchev–Trinajstić information content (AvgIpc) is 2.49. The van der Waals surface area contributed by atoms with Crippen molar-refractivity contribution in [1.82, 2.24) is 9.97 Å². The molecule has 1 aromatic heterocycles. The molecule has 8 heteroatoms. The molecule has 0 fully saturated rings. The Morgan fingerprint density at radius 1 is 1.39 bits per heavy atom. The summed E-state index contributed by atoms with van der Waals surface area (Å²) in [6.07, 6.45) is 0. The molecule has 1 heterocycles. The van der Waals surface area contributed by atoms with Gasteiger partial charge in [0.15, 0.2) is 0 Å². The molecule has 0 unspecified atom stereocenters. The Balaban J connectivity index is 2.11. The number of H-pyrrole nitrogens is 1. The highest BCUT2D eigenvalue weighted by molar-refractivity contribution is 5.93. The molecule has 2 rings (SSSR count). The molecule has 0 aliphatic rings. The highest BCUT2D eigenvalue weighted by Gasteiger charge is 2.02. The number of aromatic nitrogens is 2. The monoisotopic (exact) mass is 317 g/mol. The van der Waals surface area contributed by atoms with Gasteiger partial charge in [0.1, 0.15) is 5.75 Å². The minimum absolute atomic E-state index is 0.104. The van der Waals surface area contributed by atoms with Crippen molar-refractivity contribution in [3.05, 3.63) is 46.4 Å². The van der Waals surface area contributed by atoms with Crippen LogP contribution in [0.2, 0.25) is 0 Å². The highest BCUT2D eigenvalue weighted by atomic mass is 16.5. The molecule has 0 saturated carbocycles. The normalized spacial score (nSPS) is 11.3. The fourth-order valence-electron chi connectivity index (χ4n) is 1.86. The van der Waals surface area contributed by atoms with E-state index in [1.165, 1.54) is 13.2 Å². The molecule has 2 aromatic rings. The first-order chi connectivity index (χ1) is 11.1. The van der Waals surface area contributed by atoms with Crippen LogP contribution < -0.4 is 21.3 Å². The number of aromatic amines is 1. The van der Waals surface area contributed by atoms with Crippen LogP contribution in [0.15, 0.2) is 40.1 Å². The molecule has 0 amide bonds. The number of nitrogens with one attached hydrogen (secondary N) is 2. The Hall–Kier alpha value is -2.87. The summed E-state index contributed by atoms with van der Waals surface area (Å²) in [5.41, 5.74) is 6.72. The van der Waals surface area contributed by atoms with Crippen LogP contribution in [0, 0.1) is 0 Å². The van der Waals surface area contributed by atoms with Crippen molar-refractivity contribution < 1.29 is 9.47 Å². The van der Waals surface area contributed by atoms with Crippen molar-refractivity contribution >= 4 is 17.6 Å². The predicted octanol–water partition coefficient (Wildman–Crippen LogP) is 1.37. The van der Waals surface area contributed by atoms with Crippen LogP contribution in [0.5, 0.6) is 5.75 Å². The van der Waals surface area contributed by atoms with Gasteiger partial charge in [0, 0.05) is 18.9 Å². The summed E-state index contributed by atoms with van der Waals surface area (Å²) >= 11 is 0. The second kappa shape index (κ2) is 7.95. The summed E-state index contributed by atoms with van der Waals surface area (Å²) in [7, 11) is 1.52. The number of nitrogens with zero attached hydrogens (tertiary/aromatic N) is 2. The quantitative estimate of drug-likeness (QED) is 0.547. The number of guanidine groups is 1. The summed E-state index contributed by atoms with van der Waals surface area (Å²) in [4.78, 5) is 22.2. The molecule has 122 valence electrons. The molecule has 0 saturated heterocycles. The summed E-state index contributed by atoms with van der Waals surface area (Å²) < 4.78 is 10.3. The molecule has 0 radical (unpaired) electrons. The molecule has 23 heavy (non-hydrogen) atoms. The predicted molar refractivity (Wildman–Crippen MR) is 88.1 cm³/mol. The molecule has 1 aromatic carbocycles. The van der Waals surface area contributed by atoms with Crippen molar-refractivity contribution in [3.63, 3.8) is 0 Å². The van der Waals surface area contributed by atoms with Crippen LogP contribution in [0.4, 0.5) is 11.6 Å². The summed E-state index contributed by atoms with van der Waals surface area (Å²) in [6, 6.07) is 8.60. The van der Waals surface area contributed by atoms with E-state index in [4.69, 9.17) is 15.2 Å². The zero-order valence-electron chi connectivity index (χ0n) is 13.0. The molecule has 0 atom stereocenters. The van der Waals surface area contributed by atoms with E-state index in [9.17, 15) is 4.79 Å². The minimum Gasteiger partial charge on any atom is -0.494 e. The van der Waals surface area contributed by atoms with Crippen molar-refractivity contribution in [2.75, 3.05) is 19.0 Å². The van der Waals surface area contributed by atoms with Gasteiger partial charge in [0.2, 0.25) is 11.9 Å². The fourth-order valence-corrected chi connectivity index (χ4v) is 1.86. The van der Waals surface area contributed by atoms with E-state index in [2.05, 4.69) is 20.3 Å². The van der Waals surface area contributed by atoms with E-state index in [-0.39, 0.29) is 24.1 Å². The number of nitrogens with two attached hydrogens (primary N) is 1. The first kappa shape index (κ1) is 16.5. The Morgan fingerprint density at radius 2 is 2.13 bits per heavy atom. The topological polar surface area (TPSA) is 115 Å². The smallest absolute Gasteiger partial charge is 0.252 e. The molecule has 8 nitrogen and oxygen atoms in total. The third-order valence-corrected chi connectivity index (χ3v) is 2.74. The lowest BCUT2D eigenvalue weighted by Gasteiger charge is -2.07. The highest BCUT2D eigenvalue weighted by Crippen LogP contribution is 2.15. The van der Waals surface area contributed by atoms with Gasteiger partial charge in [-0.25, -0.2) is 4.98 Å². The van der Waals surface area contributed by atoms with Crippen molar-refractivity contribution in [1.29, 1.82) is 0 Å². The Labute approximate surface area is 133 Å². The van der Waals surface area contributed by atoms with Crippen LogP contribution in [0.1, 0.15) is 12.6 Å². The Bertz CT molecular complexity index is 725. The lowest BCUT2D eigenvalue weighted by molar-refractivity contribution is 0.181. The lowest BCUT2D eigenvalue weighted by Crippen LogP contribution is -2.22. The second-order valence-electron chi connectivity index (χ2n) is 4.57. The first-order valence-electron chi connectivity index (χ1n) is 7.04. The van der Waals surface area contributed by atoms with E-state index < -0.39 is 0 Å². The molecular formula is C15H19N5O3. The van der Waals surface area contributed by atoms with Crippen LogP contribution in [0.25, 0.3) is 0 Å². The SMILES string of the molecule is CCOc1ccc(NC(N)=Nc2nc(COC)cc(=O)[nH]2)cc1. The summed E-state index contributed by atoms with van der Waals surface area (Å²) in [5, 5.41) is 2.91. The van der Waals surface area contributed by atoms with Crippen LogP contribution in [-0.4, -0.2) is 29.6 Å². The minimum atomic E-state index is -0.320. The lowest BCUT2D eigenvalue weighted by atomic mass is 10.3. The number of ether oxygens (including phenoxy) is 2. The maximum Gasteiger partial charge on any atom is 0.252 e. The Kier molecular flexibility index (Phi) is 5.70. The molecule has 0 aliphatic heterocycles. The third-order valence-electron chi connectivity index (χ3n) is 2.74. The van der Waals surface area contributed by atoms with Gasteiger partial charge < -0.3 is 20.5 Å². The zero-order valence-corrected chi connectivity index (χ0v) is 13.0. The summed E-state index contributed by atoms with van der Waals surface area (Å²) in [6.45, 7) is 2.74. The number of methoxy groups -OCH3 is 1. The number of hydrogen-bond donors (Lipinski definition) is 3. The standard InChI is InChI=1S/C15H19N5O3/c1-3-23-12-6-4-10(5-7-12)17-14(16)20-15-18-11(9-22-2)8-13(21)19-15/h4-8H,3,9H2,1-2H3,(H4,16,17,18,19,20,21). The Morgan fingerprint density at radius 3 is 2.78 bits per heavy atom. The molecule has 0 bridgehead atoms. The molecule has 0 spiro atoms. The first-order valence-corrected chi connectivity index (χ1v) is 7.04.